The number of aliphatic hydroxyl groups excluding tert-OH is 1. The minimum absolute atomic E-state index is 0.559. The van der Waals surface area contributed by atoms with Crippen LogP contribution < -0.4 is 0 Å². The van der Waals surface area contributed by atoms with Crippen molar-refractivity contribution in [2.45, 2.75) is 65.0 Å². The molecule has 1 fully saturated rings. The smallest absolute Gasteiger partial charge is 0.101 e. The van der Waals surface area contributed by atoms with Gasteiger partial charge in [0.05, 0.1) is 17.7 Å². The highest BCUT2D eigenvalue weighted by Crippen LogP contribution is 2.48. The maximum absolute atomic E-state index is 10.7. The van der Waals surface area contributed by atoms with Gasteiger partial charge >= 0.3 is 0 Å². The van der Waals surface area contributed by atoms with E-state index < -0.39 is 11.5 Å². The van der Waals surface area contributed by atoms with Gasteiger partial charge in [0.2, 0.25) is 0 Å². The summed E-state index contributed by atoms with van der Waals surface area (Å²) in [6.07, 6.45) is 8.81. The zero-order valence-electron chi connectivity index (χ0n) is 12.5. The summed E-state index contributed by atoms with van der Waals surface area (Å²) < 4.78 is 1.85. The minimum atomic E-state index is -0.715. The van der Waals surface area contributed by atoms with Crippen LogP contribution >= 0.6 is 0 Å². The standard InChI is InChI=1S/C16H25N3O/c1-3-8-19-11-14(10-18-19)15(20)16(12-17)7-5-6-13(4-2)9-16/h10-11,13,15,20H,3-9H2,1-2H3. The van der Waals surface area contributed by atoms with Crippen molar-refractivity contribution in [1.29, 1.82) is 5.26 Å². The second kappa shape index (κ2) is 6.41. The quantitative estimate of drug-likeness (QED) is 0.895. The van der Waals surface area contributed by atoms with Crippen LogP contribution in [0.25, 0.3) is 0 Å². The molecule has 20 heavy (non-hydrogen) atoms. The lowest BCUT2D eigenvalue weighted by Crippen LogP contribution is -2.33. The van der Waals surface area contributed by atoms with Gasteiger partial charge in [-0.05, 0) is 25.2 Å². The van der Waals surface area contributed by atoms with Gasteiger partial charge in [0.1, 0.15) is 6.10 Å². The summed E-state index contributed by atoms with van der Waals surface area (Å²) in [4.78, 5) is 0. The summed E-state index contributed by atoms with van der Waals surface area (Å²) >= 11 is 0. The Morgan fingerprint density at radius 3 is 3.05 bits per heavy atom. The molecule has 1 heterocycles. The summed E-state index contributed by atoms with van der Waals surface area (Å²) in [6.45, 7) is 5.12. The van der Waals surface area contributed by atoms with Gasteiger partial charge in [0.15, 0.2) is 0 Å². The van der Waals surface area contributed by atoms with Crippen molar-refractivity contribution >= 4 is 0 Å². The molecule has 3 unspecified atom stereocenters. The molecule has 4 nitrogen and oxygen atoms in total. The zero-order valence-corrected chi connectivity index (χ0v) is 12.5. The maximum atomic E-state index is 10.7. The number of hydrogen-bond acceptors (Lipinski definition) is 3. The molecule has 1 saturated carbocycles. The van der Waals surface area contributed by atoms with E-state index in [9.17, 15) is 10.4 Å². The highest BCUT2D eigenvalue weighted by atomic mass is 16.3. The summed E-state index contributed by atoms with van der Waals surface area (Å²) in [7, 11) is 0. The predicted octanol–water partition coefficient (Wildman–Crippen LogP) is 3.44. The van der Waals surface area contributed by atoms with E-state index >= 15 is 0 Å². The fraction of sp³-hybridized carbons (Fsp3) is 0.750. The van der Waals surface area contributed by atoms with E-state index in [-0.39, 0.29) is 0 Å². The van der Waals surface area contributed by atoms with Crippen LogP contribution in [0.1, 0.15) is 64.0 Å². The molecule has 0 bridgehead atoms. The molecule has 1 aromatic rings. The van der Waals surface area contributed by atoms with E-state index in [2.05, 4.69) is 25.0 Å². The Balaban J connectivity index is 2.19. The lowest BCUT2D eigenvalue weighted by atomic mass is 9.65. The van der Waals surface area contributed by atoms with Crippen LogP contribution in [-0.4, -0.2) is 14.9 Å². The van der Waals surface area contributed by atoms with Crippen LogP contribution in [0.2, 0.25) is 0 Å². The first-order chi connectivity index (χ1) is 9.65. The van der Waals surface area contributed by atoms with Crippen molar-refractivity contribution in [3.05, 3.63) is 18.0 Å². The topological polar surface area (TPSA) is 61.8 Å². The molecular weight excluding hydrogens is 250 g/mol. The van der Waals surface area contributed by atoms with Crippen LogP contribution in [0.15, 0.2) is 12.4 Å². The summed E-state index contributed by atoms with van der Waals surface area (Å²) in [6, 6.07) is 2.43. The first-order valence-corrected chi connectivity index (χ1v) is 7.77. The van der Waals surface area contributed by atoms with Gasteiger partial charge in [-0.3, -0.25) is 4.68 Å². The monoisotopic (exact) mass is 275 g/mol. The summed E-state index contributed by atoms with van der Waals surface area (Å²) in [5.41, 5.74) is 0.163. The molecule has 1 aliphatic carbocycles. The van der Waals surface area contributed by atoms with Crippen molar-refractivity contribution < 1.29 is 5.11 Å². The van der Waals surface area contributed by atoms with Gasteiger partial charge < -0.3 is 5.11 Å². The van der Waals surface area contributed by atoms with Crippen LogP contribution in [0.4, 0.5) is 0 Å². The third-order valence-electron chi connectivity index (χ3n) is 4.63. The van der Waals surface area contributed by atoms with Gasteiger partial charge in [-0.15, -0.1) is 0 Å². The molecule has 3 atom stereocenters. The van der Waals surface area contributed by atoms with E-state index in [1.54, 1.807) is 6.20 Å². The Kier molecular flexibility index (Phi) is 4.82. The number of rotatable bonds is 5. The van der Waals surface area contributed by atoms with Crippen LogP contribution in [0, 0.1) is 22.7 Å². The Labute approximate surface area is 121 Å². The number of aromatic nitrogens is 2. The molecule has 0 amide bonds. The summed E-state index contributed by atoms with van der Waals surface area (Å²) in [5, 5.41) is 24.6. The zero-order chi connectivity index (χ0) is 14.6. The van der Waals surface area contributed by atoms with Gasteiger partial charge in [-0.1, -0.05) is 33.1 Å². The number of nitrogens with zero attached hydrogens (tertiary/aromatic N) is 3. The molecule has 2 rings (SSSR count). The molecule has 0 spiro atoms. The molecule has 1 aliphatic rings. The normalized spacial score (nSPS) is 28.0. The third kappa shape index (κ3) is 2.88. The average Bonchev–Trinajstić information content (AvgIpc) is 2.95. The molecule has 4 heteroatoms. The fourth-order valence-electron chi connectivity index (χ4n) is 3.38. The van der Waals surface area contributed by atoms with Gasteiger partial charge in [0.25, 0.3) is 0 Å². The molecule has 0 saturated heterocycles. The number of aryl methyl sites for hydroxylation is 1. The first kappa shape index (κ1) is 15.1. The largest absolute Gasteiger partial charge is 0.387 e. The third-order valence-corrected chi connectivity index (χ3v) is 4.63. The van der Waals surface area contributed by atoms with Gasteiger partial charge in [-0.2, -0.15) is 10.4 Å². The molecule has 0 aliphatic heterocycles. The fourth-order valence-corrected chi connectivity index (χ4v) is 3.38. The molecule has 0 aromatic carbocycles. The van der Waals surface area contributed by atoms with Crippen molar-refractivity contribution in [3.8, 4) is 6.07 Å². The second-order valence-electron chi connectivity index (χ2n) is 6.08. The molecule has 1 aromatic heterocycles. The van der Waals surface area contributed by atoms with Crippen molar-refractivity contribution in [2.75, 3.05) is 0 Å². The molecule has 110 valence electrons. The Bertz CT molecular complexity index is 476. The van der Waals surface area contributed by atoms with Gasteiger partial charge in [0, 0.05) is 18.3 Å². The maximum Gasteiger partial charge on any atom is 0.101 e. The first-order valence-electron chi connectivity index (χ1n) is 7.77. The van der Waals surface area contributed by atoms with E-state index in [1.165, 1.54) is 6.42 Å². The highest BCUT2D eigenvalue weighted by molar-refractivity contribution is 5.18. The Hall–Kier alpha value is -1.34. The Morgan fingerprint density at radius 2 is 2.40 bits per heavy atom. The van der Waals surface area contributed by atoms with E-state index in [0.29, 0.717) is 5.92 Å². The van der Waals surface area contributed by atoms with Crippen LogP contribution in [0.3, 0.4) is 0 Å². The lowest BCUT2D eigenvalue weighted by molar-refractivity contribution is 0.0184. The van der Waals surface area contributed by atoms with E-state index in [0.717, 1.165) is 44.2 Å². The highest BCUT2D eigenvalue weighted by Gasteiger charge is 2.43. The van der Waals surface area contributed by atoms with Crippen molar-refractivity contribution in [1.82, 2.24) is 9.78 Å². The van der Waals surface area contributed by atoms with Crippen LogP contribution in [-0.2, 0) is 6.54 Å². The Morgan fingerprint density at radius 1 is 1.60 bits per heavy atom. The minimum Gasteiger partial charge on any atom is -0.387 e. The van der Waals surface area contributed by atoms with E-state index in [4.69, 9.17) is 0 Å². The molecule has 0 radical (unpaired) electrons. The predicted molar refractivity (Wildman–Crippen MR) is 77.8 cm³/mol. The number of aliphatic hydroxyl groups is 1. The average molecular weight is 275 g/mol. The number of hydrogen-bond donors (Lipinski definition) is 1. The number of nitriles is 1. The van der Waals surface area contributed by atoms with Crippen LogP contribution in [0.5, 0.6) is 0 Å². The molecule has 1 N–H and O–H groups in total. The van der Waals surface area contributed by atoms with E-state index in [1.807, 2.05) is 10.9 Å². The summed E-state index contributed by atoms with van der Waals surface area (Å²) in [5.74, 6) is 0.559. The van der Waals surface area contributed by atoms with Gasteiger partial charge in [-0.25, -0.2) is 0 Å². The second-order valence-corrected chi connectivity index (χ2v) is 6.08. The van der Waals surface area contributed by atoms with Crippen molar-refractivity contribution in [3.63, 3.8) is 0 Å². The molecular formula is C16H25N3O. The SMILES string of the molecule is CCCn1cc(C(O)C2(C#N)CCCC(CC)C2)cn1. The lowest BCUT2D eigenvalue weighted by Gasteiger charge is -2.38. The van der Waals surface area contributed by atoms with Crippen molar-refractivity contribution in [2.24, 2.45) is 11.3 Å².